The van der Waals surface area contributed by atoms with E-state index >= 15 is 0 Å². The second-order valence-corrected chi connectivity index (χ2v) is 5.26. The fraction of sp³-hybridized carbons (Fsp3) is 0.294. The molecule has 1 aromatic heterocycles. The molecular formula is C17H19NO3. The minimum absolute atomic E-state index is 0.113. The quantitative estimate of drug-likeness (QED) is 0.937. The second-order valence-electron chi connectivity index (χ2n) is 5.26. The van der Waals surface area contributed by atoms with E-state index in [-0.39, 0.29) is 11.6 Å². The number of aryl methyl sites for hydroxylation is 1. The SMILES string of the molecule is CCc1ccc(-c2ccc(C(=O)O)c(=O)n2C(C)C)cc1. The highest BCUT2D eigenvalue weighted by atomic mass is 16.4. The third kappa shape index (κ3) is 2.89. The molecule has 0 radical (unpaired) electrons. The molecular weight excluding hydrogens is 266 g/mol. The number of carbonyl (C=O) groups is 1. The highest BCUT2D eigenvalue weighted by Gasteiger charge is 2.16. The van der Waals surface area contributed by atoms with E-state index in [2.05, 4.69) is 6.92 Å². The van der Waals surface area contributed by atoms with Crippen LogP contribution in [0.4, 0.5) is 0 Å². The first-order valence-electron chi connectivity index (χ1n) is 7.03. The van der Waals surface area contributed by atoms with E-state index in [1.54, 1.807) is 6.07 Å². The highest BCUT2D eigenvalue weighted by molar-refractivity contribution is 5.87. The van der Waals surface area contributed by atoms with Crippen molar-refractivity contribution in [1.29, 1.82) is 0 Å². The lowest BCUT2D eigenvalue weighted by Gasteiger charge is -2.17. The molecule has 2 rings (SSSR count). The van der Waals surface area contributed by atoms with Crippen LogP contribution >= 0.6 is 0 Å². The third-order valence-electron chi connectivity index (χ3n) is 3.52. The van der Waals surface area contributed by atoms with E-state index in [1.807, 2.05) is 38.1 Å². The van der Waals surface area contributed by atoms with E-state index in [4.69, 9.17) is 5.11 Å². The number of rotatable bonds is 4. The zero-order valence-electron chi connectivity index (χ0n) is 12.5. The Morgan fingerprint density at radius 2 is 1.76 bits per heavy atom. The second kappa shape index (κ2) is 5.95. The number of aromatic nitrogens is 1. The number of hydrogen-bond donors (Lipinski definition) is 1. The van der Waals surface area contributed by atoms with Gasteiger partial charge in [0, 0.05) is 6.04 Å². The minimum Gasteiger partial charge on any atom is -0.477 e. The van der Waals surface area contributed by atoms with Crippen molar-refractivity contribution >= 4 is 5.97 Å². The van der Waals surface area contributed by atoms with Gasteiger partial charge in [0.05, 0.1) is 5.69 Å². The fourth-order valence-corrected chi connectivity index (χ4v) is 2.37. The molecule has 0 aliphatic carbocycles. The van der Waals surface area contributed by atoms with Crippen LogP contribution in [0, 0.1) is 0 Å². The summed E-state index contributed by atoms with van der Waals surface area (Å²) < 4.78 is 1.53. The molecule has 0 saturated carbocycles. The van der Waals surface area contributed by atoms with Crippen molar-refractivity contribution in [1.82, 2.24) is 4.57 Å². The van der Waals surface area contributed by atoms with Gasteiger partial charge in [-0.25, -0.2) is 4.79 Å². The molecule has 4 heteroatoms. The maximum atomic E-state index is 12.4. The van der Waals surface area contributed by atoms with Crippen LogP contribution in [-0.4, -0.2) is 15.6 Å². The number of hydrogen-bond acceptors (Lipinski definition) is 2. The van der Waals surface area contributed by atoms with Gasteiger partial charge in [-0.2, -0.15) is 0 Å². The van der Waals surface area contributed by atoms with Gasteiger partial charge in [-0.3, -0.25) is 4.79 Å². The van der Waals surface area contributed by atoms with Gasteiger partial charge in [0.15, 0.2) is 0 Å². The Hall–Kier alpha value is -2.36. The predicted octanol–water partition coefficient (Wildman–Crippen LogP) is 3.36. The number of nitrogens with zero attached hydrogens (tertiary/aromatic N) is 1. The summed E-state index contributed by atoms with van der Waals surface area (Å²) in [4.78, 5) is 23.5. The standard InChI is InChI=1S/C17H19NO3/c1-4-12-5-7-13(8-6-12)15-10-9-14(17(20)21)16(19)18(15)11(2)3/h5-11H,4H2,1-3H3,(H,20,21). The minimum atomic E-state index is -1.19. The molecule has 0 unspecified atom stereocenters. The molecule has 1 aromatic carbocycles. The molecule has 0 atom stereocenters. The number of carboxylic acid groups (broad SMARTS) is 1. The first-order valence-corrected chi connectivity index (χ1v) is 7.03. The first kappa shape index (κ1) is 15.0. The van der Waals surface area contributed by atoms with Gasteiger partial charge >= 0.3 is 5.97 Å². The molecule has 110 valence electrons. The van der Waals surface area contributed by atoms with Gasteiger partial charge in [-0.05, 0) is 43.5 Å². The topological polar surface area (TPSA) is 59.3 Å². The Morgan fingerprint density at radius 1 is 1.14 bits per heavy atom. The van der Waals surface area contributed by atoms with Crippen LogP contribution in [0.2, 0.25) is 0 Å². The monoisotopic (exact) mass is 285 g/mol. The van der Waals surface area contributed by atoms with Gasteiger partial charge in [0.25, 0.3) is 5.56 Å². The lowest BCUT2D eigenvalue weighted by Crippen LogP contribution is -2.28. The Bertz CT molecular complexity index is 712. The van der Waals surface area contributed by atoms with Crippen molar-refractivity contribution in [3.05, 3.63) is 57.9 Å². The van der Waals surface area contributed by atoms with Crippen molar-refractivity contribution in [2.24, 2.45) is 0 Å². The van der Waals surface area contributed by atoms with E-state index in [9.17, 15) is 9.59 Å². The fourth-order valence-electron chi connectivity index (χ4n) is 2.37. The molecule has 21 heavy (non-hydrogen) atoms. The van der Waals surface area contributed by atoms with Gasteiger partial charge < -0.3 is 9.67 Å². The van der Waals surface area contributed by atoms with Crippen LogP contribution < -0.4 is 5.56 Å². The highest BCUT2D eigenvalue weighted by Crippen LogP contribution is 2.22. The average molecular weight is 285 g/mol. The molecule has 0 saturated heterocycles. The Morgan fingerprint density at radius 3 is 2.24 bits per heavy atom. The molecule has 0 aliphatic heterocycles. The zero-order valence-corrected chi connectivity index (χ0v) is 12.5. The Balaban J connectivity index is 2.65. The van der Waals surface area contributed by atoms with Gasteiger partial charge in [0.2, 0.25) is 0 Å². The van der Waals surface area contributed by atoms with Gasteiger partial charge in [0.1, 0.15) is 5.56 Å². The predicted molar refractivity (Wildman–Crippen MR) is 82.9 cm³/mol. The first-order chi connectivity index (χ1) is 9.95. The third-order valence-corrected chi connectivity index (χ3v) is 3.52. The number of benzene rings is 1. The van der Waals surface area contributed by atoms with Crippen molar-refractivity contribution in [3.8, 4) is 11.3 Å². The largest absolute Gasteiger partial charge is 0.477 e. The average Bonchev–Trinajstić information content (AvgIpc) is 2.46. The van der Waals surface area contributed by atoms with Crippen molar-refractivity contribution in [3.63, 3.8) is 0 Å². The molecule has 0 fully saturated rings. The van der Waals surface area contributed by atoms with E-state index in [1.165, 1.54) is 16.2 Å². The summed E-state index contributed by atoms with van der Waals surface area (Å²) in [5.74, 6) is -1.19. The summed E-state index contributed by atoms with van der Waals surface area (Å²) in [5, 5.41) is 9.09. The van der Waals surface area contributed by atoms with E-state index in [0.717, 1.165) is 17.7 Å². The van der Waals surface area contributed by atoms with Gasteiger partial charge in [-0.1, -0.05) is 31.2 Å². The Kier molecular flexibility index (Phi) is 4.26. The van der Waals surface area contributed by atoms with Crippen LogP contribution in [0.25, 0.3) is 11.3 Å². The van der Waals surface area contributed by atoms with Crippen LogP contribution in [0.5, 0.6) is 0 Å². The van der Waals surface area contributed by atoms with Crippen LogP contribution in [-0.2, 0) is 6.42 Å². The summed E-state index contributed by atoms with van der Waals surface area (Å²) in [5.41, 5.74) is 2.21. The molecule has 0 bridgehead atoms. The van der Waals surface area contributed by atoms with Crippen LogP contribution in [0.15, 0.2) is 41.2 Å². The molecule has 2 aromatic rings. The van der Waals surface area contributed by atoms with E-state index < -0.39 is 11.5 Å². The Labute approximate surface area is 123 Å². The van der Waals surface area contributed by atoms with Crippen LogP contribution in [0.3, 0.4) is 0 Å². The molecule has 0 amide bonds. The van der Waals surface area contributed by atoms with Crippen molar-refractivity contribution in [2.75, 3.05) is 0 Å². The number of aromatic carboxylic acids is 1. The molecule has 0 aliphatic rings. The number of carboxylic acids is 1. The van der Waals surface area contributed by atoms with Gasteiger partial charge in [-0.15, -0.1) is 0 Å². The lowest BCUT2D eigenvalue weighted by atomic mass is 10.1. The zero-order chi connectivity index (χ0) is 15.6. The lowest BCUT2D eigenvalue weighted by molar-refractivity contribution is 0.0694. The number of pyridine rings is 1. The smallest absolute Gasteiger partial charge is 0.341 e. The van der Waals surface area contributed by atoms with E-state index in [0.29, 0.717) is 0 Å². The summed E-state index contributed by atoms with van der Waals surface area (Å²) >= 11 is 0. The molecule has 1 N–H and O–H groups in total. The maximum absolute atomic E-state index is 12.4. The summed E-state index contributed by atoms with van der Waals surface area (Å²) in [6, 6.07) is 10.9. The maximum Gasteiger partial charge on any atom is 0.341 e. The summed E-state index contributed by atoms with van der Waals surface area (Å²) in [7, 11) is 0. The normalized spacial score (nSPS) is 10.9. The summed E-state index contributed by atoms with van der Waals surface area (Å²) in [6.45, 7) is 5.83. The molecule has 4 nitrogen and oxygen atoms in total. The van der Waals surface area contributed by atoms with Crippen LogP contribution in [0.1, 0.15) is 42.7 Å². The molecule has 0 spiro atoms. The summed E-state index contributed by atoms with van der Waals surface area (Å²) in [6.07, 6.45) is 0.954. The molecule has 1 heterocycles. The van der Waals surface area contributed by atoms with Crippen molar-refractivity contribution in [2.45, 2.75) is 33.2 Å². The van der Waals surface area contributed by atoms with Crippen molar-refractivity contribution < 1.29 is 9.90 Å².